The summed E-state index contributed by atoms with van der Waals surface area (Å²) in [6.07, 6.45) is 6.00. The molecule has 1 fully saturated rings. The van der Waals surface area contributed by atoms with Gasteiger partial charge >= 0.3 is 0 Å². The Kier molecular flexibility index (Phi) is 8.32. The third-order valence-electron chi connectivity index (χ3n) is 4.34. The smallest absolute Gasteiger partial charge is 0.221 e. The van der Waals surface area contributed by atoms with Crippen molar-refractivity contribution in [2.75, 3.05) is 19.6 Å². The van der Waals surface area contributed by atoms with Crippen LogP contribution in [0.3, 0.4) is 0 Å². The van der Waals surface area contributed by atoms with Gasteiger partial charge in [-0.3, -0.25) is 9.69 Å². The van der Waals surface area contributed by atoms with E-state index in [9.17, 15) is 4.79 Å². The van der Waals surface area contributed by atoms with Crippen molar-refractivity contribution in [2.24, 2.45) is 5.73 Å². The molecule has 1 saturated heterocycles. The first kappa shape index (κ1) is 20.3. The van der Waals surface area contributed by atoms with Gasteiger partial charge in [0, 0.05) is 54.1 Å². The summed E-state index contributed by atoms with van der Waals surface area (Å²) in [5.74, 6) is 0.0561. The summed E-state index contributed by atoms with van der Waals surface area (Å²) in [6, 6.07) is 2.52. The van der Waals surface area contributed by atoms with Crippen LogP contribution in [0.25, 0.3) is 10.6 Å². The average molecular weight is 401 g/mol. The van der Waals surface area contributed by atoms with Gasteiger partial charge in [-0.1, -0.05) is 6.42 Å². The monoisotopic (exact) mass is 400 g/mol. The van der Waals surface area contributed by atoms with Gasteiger partial charge in [0.05, 0.1) is 0 Å². The third-order valence-corrected chi connectivity index (χ3v) is 6.05. The van der Waals surface area contributed by atoms with Gasteiger partial charge < -0.3 is 11.1 Å². The molecule has 1 unspecified atom stereocenters. The summed E-state index contributed by atoms with van der Waals surface area (Å²) in [6.45, 7) is 3.13. The Morgan fingerprint density at radius 1 is 1.44 bits per heavy atom. The van der Waals surface area contributed by atoms with Crippen molar-refractivity contribution >= 4 is 41.0 Å². The van der Waals surface area contributed by atoms with Crippen LogP contribution in [0.4, 0.5) is 0 Å². The molecule has 5 nitrogen and oxygen atoms in total. The van der Waals surface area contributed by atoms with E-state index < -0.39 is 0 Å². The molecule has 1 amide bonds. The summed E-state index contributed by atoms with van der Waals surface area (Å²) < 4.78 is 0. The number of nitrogens with zero attached hydrogens (tertiary/aromatic N) is 2. The second-order valence-electron chi connectivity index (χ2n) is 6.11. The number of nitrogens with two attached hydrogens (primary N) is 1. The van der Waals surface area contributed by atoms with Crippen LogP contribution in [-0.4, -0.2) is 41.5 Å². The number of carbonyl (C=O) groups is 1. The number of likely N-dealkylation sites (tertiary alicyclic amines) is 1. The summed E-state index contributed by atoms with van der Waals surface area (Å²) in [7, 11) is 0. The maximum absolute atomic E-state index is 11.7. The molecule has 25 heavy (non-hydrogen) atoms. The van der Waals surface area contributed by atoms with Gasteiger partial charge in [0.25, 0.3) is 0 Å². The van der Waals surface area contributed by atoms with Crippen LogP contribution >= 0.6 is 35.1 Å². The molecule has 8 heteroatoms. The minimum atomic E-state index is 0. The first-order valence-corrected chi connectivity index (χ1v) is 10.2. The van der Waals surface area contributed by atoms with Crippen molar-refractivity contribution in [1.29, 1.82) is 0 Å². The predicted octanol–water partition coefficient (Wildman–Crippen LogP) is 3.11. The standard InChI is InChI=1S/C17H24N4OS2.ClH/c18-6-4-16(22)19-9-14-3-1-2-7-21(14)11-15-10-20-17(24-15)13-5-8-23-12-13;/h5,8,10,12,14H,1-4,6-7,9,11,18H2,(H,19,22);1H. The Morgan fingerprint density at radius 2 is 2.32 bits per heavy atom. The second-order valence-corrected chi connectivity index (χ2v) is 8.00. The first-order chi connectivity index (χ1) is 11.8. The van der Waals surface area contributed by atoms with Crippen molar-refractivity contribution in [3.63, 3.8) is 0 Å². The molecule has 138 valence electrons. The molecular formula is C17H25ClN4OS2. The lowest BCUT2D eigenvalue weighted by molar-refractivity contribution is -0.121. The second kappa shape index (κ2) is 10.2. The molecule has 1 aliphatic heterocycles. The molecule has 0 bridgehead atoms. The zero-order valence-electron chi connectivity index (χ0n) is 14.1. The van der Waals surface area contributed by atoms with Crippen molar-refractivity contribution in [1.82, 2.24) is 15.2 Å². The summed E-state index contributed by atoms with van der Waals surface area (Å²) in [5.41, 5.74) is 6.64. The molecule has 3 rings (SSSR count). The van der Waals surface area contributed by atoms with Crippen molar-refractivity contribution < 1.29 is 4.79 Å². The molecule has 1 aliphatic rings. The zero-order valence-corrected chi connectivity index (χ0v) is 16.6. The van der Waals surface area contributed by atoms with Crippen LogP contribution < -0.4 is 11.1 Å². The van der Waals surface area contributed by atoms with E-state index in [2.05, 4.69) is 32.0 Å². The third kappa shape index (κ3) is 5.76. The normalized spacial score (nSPS) is 17.9. The lowest BCUT2D eigenvalue weighted by atomic mass is 10.0. The van der Waals surface area contributed by atoms with E-state index in [0.29, 0.717) is 19.0 Å². The number of nitrogens with one attached hydrogen (secondary N) is 1. The lowest BCUT2D eigenvalue weighted by Crippen LogP contribution is -2.46. The zero-order chi connectivity index (χ0) is 16.8. The van der Waals surface area contributed by atoms with Gasteiger partial charge in [-0.15, -0.1) is 23.7 Å². The molecule has 0 saturated carbocycles. The van der Waals surface area contributed by atoms with Gasteiger partial charge in [-0.05, 0) is 30.8 Å². The summed E-state index contributed by atoms with van der Waals surface area (Å²) in [5, 5.41) is 8.34. The number of amides is 1. The van der Waals surface area contributed by atoms with Crippen LogP contribution in [0.2, 0.25) is 0 Å². The van der Waals surface area contributed by atoms with Crippen LogP contribution in [0.5, 0.6) is 0 Å². The number of piperidine rings is 1. The van der Waals surface area contributed by atoms with Crippen molar-refractivity contribution in [2.45, 2.75) is 38.3 Å². The minimum absolute atomic E-state index is 0. The highest BCUT2D eigenvalue weighted by Gasteiger charge is 2.23. The highest BCUT2D eigenvalue weighted by Crippen LogP contribution is 2.29. The molecule has 2 aromatic heterocycles. The van der Waals surface area contributed by atoms with E-state index in [1.54, 1.807) is 22.7 Å². The molecule has 3 N–H and O–H groups in total. The molecule has 0 radical (unpaired) electrons. The highest BCUT2D eigenvalue weighted by atomic mass is 35.5. The molecular weight excluding hydrogens is 376 g/mol. The highest BCUT2D eigenvalue weighted by molar-refractivity contribution is 7.15. The van der Waals surface area contributed by atoms with Gasteiger partial charge in [-0.2, -0.15) is 11.3 Å². The number of carbonyl (C=O) groups excluding carboxylic acids is 1. The Hall–Kier alpha value is -0.990. The Bertz CT molecular complexity index is 647. The van der Waals surface area contributed by atoms with Crippen LogP contribution in [0.15, 0.2) is 23.0 Å². The van der Waals surface area contributed by atoms with Crippen molar-refractivity contribution in [3.8, 4) is 10.6 Å². The molecule has 1 atom stereocenters. The first-order valence-electron chi connectivity index (χ1n) is 8.44. The predicted molar refractivity (Wildman–Crippen MR) is 107 cm³/mol. The van der Waals surface area contributed by atoms with Gasteiger partial charge in [0.1, 0.15) is 5.01 Å². The molecule has 2 aromatic rings. The van der Waals surface area contributed by atoms with E-state index >= 15 is 0 Å². The molecule has 0 aliphatic carbocycles. The maximum Gasteiger partial charge on any atom is 0.221 e. The SMILES string of the molecule is Cl.NCCC(=O)NCC1CCCCN1Cc1cnc(-c2ccsc2)s1. The number of thiophene rings is 1. The van der Waals surface area contributed by atoms with E-state index in [0.717, 1.165) is 31.1 Å². The number of aromatic nitrogens is 1. The Morgan fingerprint density at radius 3 is 3.08 bits per heavy atom. The van der Waals surface area contributed by atoms with Crippen LogP contribution in [0.1, 0.15) is 30.6 Å². The van der Waals surface area contributed by atoms with E-state index in [1.807, 2.05) is 6.20 Å². The number of hydrogen-bond donors (Lipinski definition) is 2. The average Bonchev–Trinajstić information content (AvgIpc) is 3.25. The van der Waals surface area contributed by atoms with Crippen LogP contribution in [-0.2, 0) is 11.3 Å². The van der Waals surface area contributed by atoms with Gasteiger partial charge in [0.15, 0.2) is 0 Å². The number of thiazole rings is 1. The van der Waals surface area contributed by atoms with Crippen molar-refractivity contribution in [3.05, 3.63) is 27.9 Å². The van der Waals surface area contributed by atoms with Gasteiger partial charge in [0.2, 0.25) is 5.91 Å². The Labute approximate surface area is 163 Å². The molecule has 0 aromatic carbocycles. The van der Waals surface area contributed by atoms with Crippen LogP contribution in [0, 0.1) is 0 Å². The quantitative estimate of drug-likeness (QED) is 0.749. The fourth-order valence-corrected chi connectivity index (χ4v) is 4.70. The maximum atomic E-state index is 11.7. The van der Waals surface area contributed by atoms with Gasteiger partial charge in [-0.25, -0.2) is 4.98 Å². The minimum Gasteiger partial charge on any atom is -0.354 e. The summed E-state index contributed by atoms with van der Waals surface area (Å²) in [4.78, 5) is 20.0. The fourth-order valence-electron chi connectivity index (χ4n) is 3.05. The molecule has 3 heterocycles. The molecule has 0 spiro atoms. The topological polar surface area (TPSA) is 71.2 Å². The lowest BCUT2D eigenvalue weighted by Gasteiger charge is -2.35. The number of hydrogen-bond acceptors (Lipinski definition) is 6. The summed E-state index contributed by atoms with van der Waals surface area (Å²) >= 11 is 3.47. The fraction of sp³-hybridized carbons (Fsp3) is 0.529. The number of halogens is 1. The van der Waals surface area contributed by atoms with E-state index in [-0.39, 0.29) is 18.3 Å². The van der Waals surface area contributed by atoms with E-state index in [1.165, 1.54) is 23.3 Å². The Balaban J connectivity index is 0.00000225. The largest absolute Gasteiger partial charge is 0.354 e. The number of rotatable bonds is 7. The van der Waals surface area contributed by atoms with E-state index in [4.69, 9.17) is 5.73 Å².